The fourth-order valence-electron chi connectivity index (χ4n) is 1.77. The van der Waals surface area contributed by atoms with Gasteiger partial charge in [0.15, 0.2) is 0 Å². The van der Waals surface area contributed by atoms with Crippen molar-refractivity contribution >= 4 is 33.8 Å². The molecule has 7 heteroatoms. The van der Waals surface area contributed by atoms with E-state index in [0.29, 0.717) is 0 Å². The molecule has 1 rings (SSSR count). The number of esters is 1. The van der Waals surface area contributed by atoms with Crippen molar-refractivity contribution in [3.8, 4) is 0 Å². The van der Waals surface area contributed by atoms with Crippen LogP contribution in [0.3, 0.4) is 0 Å². The quantitative estimate of drug-likeness (QED) is 0.680. The van der Waals surface area contributed by atoms with Crippen LogP contribution in [0.5, 0.6) is 0 Å². The van der Waals surface area contributed by atoms with E-state index >= 15 is 0 Å². The van der Waals surface area contributed by atoms with Crippen molar-refractivity contribution in [2.45, 2.75) is 32.2 Å². The van der Waals surface area contributed by atoms with Gasteiger partial charge in [0, 0.05) is 17.3 Å². The minimum atomic E-state index is -1.12. The zero-order valence-corrected chi connectivity index (χ0v) is 13.8. The van der Waals surface area contributed by atoms with Crippen LogP contribution in [-0.4, -0.2) is 35.6 Å². The van der Waals surface area contributed by atoms with Crippen molar-refractivity contribution < 1.29 is 24.2 Å². The second-order valence-corrected chi connectivity index (χ2v) is 5.51. The molecule has 0 bridgehead atoms. The molecule has 0 unspecified atom stereocenters. The molecule has 0 fully saturated rings. The number of carboxylic acids is 1. The highest BCUT2D eigenvalue weighted by Crippen LogP contribution is 2.12. The first-order valence-corrected chi connectivity index (χ1v) is 7.64. The number of carbonyl (C=O) groups excluding carboxylic acids is 2. The lowest BCUT2D eigenvalue weighted by Gasteiger charge is -2.14. The van der Waals surface area contributed by atoms with Gasteiger partial charge in [-0.05, 0) is 24.6 Å². The fraction of sp³-hybridized carbons (Fsp3) is 0.400. The summed E-state index contributed by atoms with van der Waals surface area (Å²) in [5.41, 5.74) is 0.793. The zero-order valence-electron chi connectivity index (χ0n) is 12.2. The third-order valence-electron chi connectivity index (χ3n) is 2.85. The maximum atomic E-state index is 11.7. The standard InChI is InChI=1S/C15H18BrNO5/c1-2-22-14(19)8-7-13(18)17-12(15(20)21)9-10-3-5-11(16)6-4-10/h3-6,12H,2,7-9H2,1H3,(H,17,18)(H,20,21)/t12-/m1/s1. The van der Waals surface area contributed by atoms with Crippen LogP contribution < -0.4 is 5.32 Å². The van der Waals surface area contributed by atoms with Gasteiger partial charge >= 0.3 is 11.9 Å². The normalized spacial score (nSPS) is 11.5. The zero-order chi connectivity index (χ0) is 16.5. The summed E-state index contributed by atoms with van der Waals surface area (Å²) >= 11 is 3.30. The number of ether oxygens (including phenoxy) is 1. The molecular weight excluding hydrogens is 354 g/mol. The van der Waals surface area contributed by atoms with E-state index in [0.717, 1.165) is 10.0 Å². The summed E-state index contributed by atoms with van der Waals surface area (Å²) in [5, 5.41) is 11.6. The highest BCUT2D eigenvalue weighted by molar-refractivity contribution is 9.10. The third kappa shape index (κ3) is 6.71. The van der Waals surface area contributed by atoms with Crippen LogP contribution in [0.1, 0.15) is 25.3 Å². The summed E-state index contributed by atoms with van der Waals surface area (Å²) in [6.45, 7) is 1.93. The predicted octanol–water partition coefficient (Wildman–Crippen LogP) is 1.90. The second-order valence-electron chi connectivity index (χ2n) is 4.59. The van der Waals surface area contributed by atoms with E-state index in [1.807, 2.05) is 0 Å². The topological polar surface area (TPSA) is 92.7 Å². The third-order valence-corrected chi connectivity index (χ3v) is 3.38. The van der Waals surface area contributed by atoms with Crippen molar-refractivity contribution in [2.75, 3.05) is 6.61 Å². The molecule has 0 saturated carbocycles. The minimum Gasteiger partial charge on any atom is -0.480 e. The first kappa shape index (κ1) is 18.2. The molecule has 0 spiro atoms. The smallest absolute Gasteiger partial charge is 0.326 e. The highest BCUT2D eigenvalue weighted by Gasteiger charge is 2.20. The summed E-state index contributed by atoms with van der Waals surface area (Å²) in [7, 11) is 0. The first-order valence-electron chi connectivity index (χ1n) is 6.84. The van der Waals surface area contributed by atoms with Crippen molar-refractivity contribution in [2.24, 2.45) is 0 Å². The van der Waals surface area contributed by atoms with Gasteiger partial charge in [0.25, 0.3) is 0 Å². The number of rotatable bonds is 8. The van der Waals surface area contributed by atoms with Gasteiger partial charge in [0.1, 0.15) is 6.04 Å². The molecule has 120 valence electrons. The van der Waals surface area contributed by atoms with E-state index in [-0.39, 0.29) is 25.9 Å². The molecule has 0 aliphatic rings. The molecule has 1 aromatic carbocycles. The number of amides is 1. The average Bonchev–Trinajstić information content (AvgIpc) is 2.47. The van der Waals surface area contributed by atoms with E-state index in [9.17, 15) is 19.5 Å². The van der Waals surface area contributed by atoms with Crippen molar-refractivity contribution in [3.05, 3.63) is 34.3 Å². The summed E-state index contributed by atoms with van der Waals surface area (Å²) < 4.78 is 5.60. The van der Waals surface area contributed by atoms with Crippen LogP contribution in [0, 0.1) is 0 Å². The van der Waals surface area contributed by atoms with Gasteiger partial charge in [0.05, 0.1) is 13.0 Å². The Morgan fingerprint density at radius 1 is 1.23 bits per heavy atom. The Morgan fingerprint density at radius 3 is 2.41 bits per heavy atom. The molecule has 1 atom stereocenters. The van der Waals surface area contributed by atoms with E-state index in [1.165, 1.54) is 0 Å². The summed E-state index contributed by atoms with van der Waals surface area (Å²) in [6, 6.07) is 6.14. The number of hydrogen-bond donors (Lipinski definition) is 2. The SMILES string of the molecule is CCOC(=O)CCC(=O)N[C@H](Cc1ccc(Br)cc1)C(=O)O. The van der Waals surface area contributed by atoms with Gasteiger partial charge in [-0.15, -0.1) is 0 Å². The highest BCUT2D eigenvalue weighted by atomic mass is 79.9. The number of hydrogen-bond acceptors (Lipinski definition) is 4. The maximum Gasteiger partial charge on any atom is 0.326 e. The predicted molar refractivity (Wildman–Crippen MR) is 83.3 cm³/mol. The van der Waals surface area contributed by atoms with E-state index in [4.69, 9.17) is 4.74 Å². The van der Waals surface area contributed by atoms with Gasteiger partial charge in [-0.2, -0.15) is 0 Å². The molecule has 0 radical (unpaired) electrons. The summed E-state index contributed by atoms with van der Waals surface area (Å²) in [6.07, 6.45) is 0.0149. The largest absolute Gasteiger partial charge is 0.480 e. The Hall–Kier alpha value is -1.89. The van der Waals surface area contributed by atoms with Gasteiger partial charge in [-0.25, -0.2) is 4.79 Å². The average molecular weight is 372 g/mol. The number of aliphatic carboxylic acids is 1. The number of nitrogens with one attached hydrogen (secondary N) is 1. The number of halogens is 1. The van der Waals surface area contributed by atoms with Crippen LogP contribution in [0.2, 0.25) is 0 Å². The van der Waals surface area contributed by atoms with Gasteiger partial charge in [-0.1, -0.05) is 28.1 Å². The minimum absolute atomic E-state index is 0.0652. The molecule has 0 saturated heterocycles. The van der Waals surface area contributed by atoms with E-state index in [1.54, 1.807) is 31.2 Å². The van der Waals surface area contributed by atoms with E-state index in [2.05, 4.69) is 21.2 Å². The molecule has 1 aromatic rings. The van der Waals surface area contributed by atoms with Crippen LogP contribution in [0.4, 0.5) is 0 Å². The van der Waals surface area contributed by atoms with Crippen molar-refractivity contribution in [1.29, 1.82) is 0 Å². The molecule has 0 aliphatic heterocycles. The van der Waals surface area contributed by atoms with Crippen LogP contribution in [0.25, 0.3) is 0 Å². The Labute approximate surface area is 137 Å². The molecule has 22 heavy (non-hydrogen) atoms. The molecule has 2 N–H and O–H groups in total. The Morgan fingerprint density at radius 2 is 1.86 bits per heavy atom. The van der Waals surface area contributed by atoms with Crippen LogP contribution in [0.15, 0.2) is 28.7 Å². The van der Waals surface area contributed by atoms with Crippen molar-refractivity contribution in [1.82, 2.24) is 5.32 Å². The summed E-state index contributed by atoms with van der Waals surface area (Å²) in [4.78, 5) is 34.1. The molecule has 6 nitrogen and oxygen atoms in total. The van der Waals surface area contributed by atoms with Gasteiger partial charge < -0.3 is 15.2 Å². The number of benzene rings is 1. The Kier molecular flexibility index (Phi) is 7.59. The van der Waals surface area contributed by atoms with Gasteiger partial charge in [-0.3, -0.25) is 9.59 Å². The Bertz CT molecular complexity index is 529. The number of carbonyl (C=O) groups is 3. The van der Waals surface area contributed by atoms with Crippen LogP contribution in [-0.2, 0) is 25.5 Å². The van der Waals surface area contributed by atoms with Gasteiger partial charge in [0.2, 0.25) is 5.91 Å². The molecule has 0 heterocycles. The van der Waals surface area contributed by atoms with E-state index < -0.39 is 23.9 Å². The lowest BCUT2D eigenvalue weighted by atomic mass is 10.1. The first-order chi connectivity index (χ1) is 10.4. The lowest BCUT2D eigenvalue weighted by Crippen LogP contribution is -2.42. The maximum absolute atomic E-state index is 11.7. The molecule has 1 amide bonds. The monoisotopic (exact) mass is 371 g/mol. The number of carboxylic acid groups (broad SMARTS) is 1. The summed E-state index contributed by atoms with van der Waals surface area (Å²) in [5.74, 6) is -2.08. The Balaban J connectivity index is 2.53. The van der Waals surface area contributed by atoms with Crippen LogP contribution >= 0.6 is 15.9 Å². The molecule has 0 aromatic heterocycles. The lowest BCUT2D eigenvalue weighted by molar-refractivity contribution is -0.144. The van der Waals surface area contributed by atoms with Crippen molar-refractivity contribution in [3.63, 3.8) is 0 Å². The fourth-order valence-corrected chi connectivity index (χ4v) is 2.04. The molecule has 0 aliphatic carbocycles. The second kappa shape index (κ2) is 9.19. The molecular formula is C15H18BrNO5.